The Morgan fingerprint density at radius 1 is 1.00 bits per heavy atom. The Kier molecular flexibility index (Phi) is 7.83. The number of fused-ring (bicyclic) bond motifs is 1. The van der Waals surface area contributed by atoms with Crippen molar-refractivity contribution in [2.75, 3.05) is 13.7 Å². The van der Waals surface area contributed by atoms with Crippen molar-refractivity contribution < 1.29 is 58.5 Å². The molecule has 38 heavy (non-hydrogen) atoms. The first kappa shape index (κ1) is 26.9. The van der Waals surface area contributed by atoms with E-state index in [-0.39, 0.29) is 22.3 Å². The van der Waals surface area contributed by atoms with Crippen LogP contribution in [-0.4, -0.2) is 81.9 Å². The fourth-order valence-corrected chi connectivity index (χ4v) is 3.88. The highest BCUT2D eigenvalue weighted by atomic mass is 16.7. The number of carboxylic acids is 1. The number of phenolic OH excluding ortho intramolecular Hbond substituents is 1. The topological polar surface area (TPSA) is 202 Å². The third-order valence-corrected chi connectivity index (χ3v) is 5.86. The van der Waals surface area contributed by atoms with Crippen LogP contribution in [0.3, 0.4) is 0 Å². The van der Waals surface area contributed by atoms with E-state index < -0.39 is 66.9 Å². The predicted molar refractivity (Wildman–Crippen MR) is 127 cm³/mol. The van der Waals surface area contributed by atoms with Gasteiger partial charge in [0.05, 0.1) is 12.7 Å². The molecular formula is C25H24O13. The molecule has 5 N–H and O–H groups in total. The van der Waals surface area contributed by atoms with Gasteiger partial charge in [-0.15, -0.1) is 0 Å². The van der Waals surface area contributed by atoms with Crippen molar-refractivity contribution in [1.29, 1.82) is 0 Å². The van der Waals surface area contributed by atoms with E-state index in [0.29, 0.717) is 11.3 Å². The number of hydrogen-bond acceptors (Lipinski definition) is 12. The molecule has 3 aromatic rings. The fourth-order valence-electron chi connectivity index (χ4n) is 3.88. The fraction of sp³-hybridized carbons (Fsp3) is 0.320. The van der Waals surface area contributed by atoms with Gasteiger partial charge in [0.1, 0.15) is 71.9 Å². The SMILES string of the molecule is COc1ccc(-c2coc3cc(O[C@@H]4OC(COC(=O)CC(=O)O)[C@@H](O)[C@H](O)C4O)cc(O)c3c2=O)cc1. The van der Waals surface area contributed by atoms with Crippen LogP contribution in [0.15, 0.2) is 51.9 Å². The Morgan fingerprint density at radius 2 is 1.71 bits per heavy atom. The Hall–Kier alpha value is -4.17. The van der Waals surface area contributed by atoms with Crippen molar-refractivity contribution in [3.05, 3.63) is 52.9 Å². The quantitative estimate of drug-likeness (QED) is 0.197. The number of carbonyl (C=O) groups excluding carboxylic acids is 1. The van der Waals surface area contributed by atoms with Gasteiger partial charge >= 0.3 is 11.9 Å². The summed E-state index contributed by atoms with van der Waals surface area (Å²) < 4.78 is 26.4. The van der Waals surface area contributed by atoms with Crippen molar-refractivity contribution in [1.82, 2.24) is 0 Å². The summed E-state index contributed by atoms with van der Waals surface area (Å²) in [4.78, 5) is 35.2. The third kappa shape index (κ3) is 5.55. The van der Waals surface area contributed by atoms with Gasteiger partial charge in [-0.25, -0.2) is 0 Å². The van der Waals surface area contributed by atoms with Crippen LogP contribution >= 0.6 is 0 Å². The first-order valence-electron chi connectivity index (χ1n) is 11.3. The molecule has 2 aromatic carbocycles. The molecule has 2 unspecified atom stereocenters. The smallest absolute Gasteiger partial charge is 0.317 e. The average molecular weight is 532 g/mol. The van der Waals surface area contributed by atoms with Crippen LogP contribution in [0.25, 0.3) is 22.1 Å². The lowest BCUT2D eigenvalue weighted by Gasteiger charge is -2.39. The van der Waals surface area contributed by atoms with Crippen molar-refractivity contribution in [3.8, 4) is 28.4 Å². The van der Waals surface area contributed by atoms with E-state index in [9.17, 15) is 34.8 Å². The predicted octanol–water partition coefficient (Wildman–Crippen LogP) is 0.378. The highest BCUT2D eigenvalue weighted by Crippen LogP contribution is 2.33. The van der Waals surface area contributed by atoms with E-state index in [1.807, 2.05) is 0 Å². The maximum absolute atomic E-state index is 13.1. The highest BCUT2D eigenvalue weighted by molar-refractivity contribution is 5.90. The van der Waals surface area contributed by atoms with Crippen molar-refractivity contribution in [3.63, 3.8) is 0 Å². The summed E-state index contributed by atoms with van der Waals surface area (Å²) in [5.74, 6) is -2.55. The number of aliphatic hydroxyl groups is 3. The van der Waals surface area contributed by atoms with Gasteiger partial charge in [0.2, 0.25) is 11.7 Å². The number of carboxylic acid groups (broad SMARTS) is 1. The zero-order valence-electron chi connectivity index (χ0n) is 19.8. The molecule has 1 aliphatic rings. The molecule has 1 aromatic heterocycles. The van der Waals surface area contributed by atoms with E-state index in [0.717, 1.165) is 6.07 Å². The maximum Gasteiger partial charge on any atom is 0.317 e. The second-order valence-corrected chi connectivity index (χ2v) is 8.41. The molecule has 202 valence electrons. The maximum atomic E-state index is 13.1. The molecule has 5 atom stereocenters. The number of methoxy groups -OCH3 is 1. The molecule has 0 radical (unpaired) electrons. The van der Waals surface area contributed by atoms with Gasteiger partial charge in [0.25, 0.3) is 0 Å². The van der Waals surface area contributed by atoms with E-state index in [4.69, 9.17) is 28.5 Å². The van der Waals surface area contributed by atoms with Crippen LogP contribution in [0.2, 0.25) is 0 Å². The number of esters is 1. The summed E-state index contributed by atoms with van der Waals surface area (Å²) in [6.45, 7) is -0.636. The normalized spacial score (nSPS) is 23.1. The van der Waals surface area contributed by atoms with Crippen LogP contribution in [-0.2, 0) is 19.1 Å². The Labute approximate surface area is 214 Å². The standard InChI is InChI=1S/C25H24O13/c1-34-12-4-2-11(3-5-12)14-9-35-16-7-13(6-15(26)20(16)21(14)30)37-25-24(33)23(32)22(31)17(38-25)10-36-19(29)8-18(27)28/h2-7,9,17,22-26,31-33H,8,10H2,1H3,(H,27,28)/t17?,22-,23+,24?,25-/m1/s1. The van der Waals surface area contributed by atoms with Gasteiger partial charge in [-0.3, -0.25) is 14.4 Å². The zero-order chi connectivity index (χ0) is 27.6. The number of rotatable bonds is 8. The molecule has 4 rings (SSSR count). The zero-order valence-corrected chi connectivity index (χ0v) is 19.8. The van der Waals surface area contributed by atoms with Crippen LogP contribution in [0, 0.1) is 0 Å². The molecule has 0 bridgehead atoms. The Morgan fingerprint density at radius 3 is 2.37 bits per heavy atom. The lowest BCUT2D eigenvalue weighted by molar-refractivity contribution is -0.278. The minimum atomic E-state index is -1.78. The number of aromatic hydroxyl groups is 1. The number of benzene rings is 2. The van der Waals surface area contributed by atoms with Crippen LogP contribution in [0.5, 0.6) is 17.2 Å². The summed E-state index contributed by atoms with van der Waals surface area (Å²) in [5, 5.41) is 49.8. The van der Waals surface area contributed by atoms with E-state index in [2.05, 4.69) is 0 Å². The molecule has 1 fully saturated rings. The number of aliphatic carboxylic acids is 1. The molecule has 13 heteroatoms. The second-order valence-electron chi connectivity index (χ2n) is 8.41. The minimum absolute atomic E-state index is 0.0488. The first-order valence-corrected chi connectivity index (χ1v) is 11.3. The number of ether oxygens (including phenoxy) is 4. The average Bonchev–Trinajstić information content (AvgIpc) is 2.88. The van der Waals surface area contributed by atoms with Crippen LogP contribution in [0.4, 0.5) is 0 Å². The second kappa shape index (κ2) is 11.1. The summed E-state index contributed by atoms with van der Waals surface area (Å²) in [6, 6.07) is 8.97. The summed E-state index contributed by atoms with van der Waals surface area (Å²) >= 11 is 0. The van der Waals surface area contributed by atoms with E-state index >= 15 is 0 Å². The monoisotopic (exact) mass is 532 g/mol. The third-order valence-electron chi connectivity index (χ3n) is 5.86. The Balaban J connectivity index is 1.55. The molecule has 0 spiro atoms. The molecule has 13 nitrogen and oxygen atoms in total. The summed E-state index contributed by atoms with van der Waals surface area (Å²) in [7, 11) is 1.51. The van der Waals surface area contributed by atoms with Crippen molar-refractivity contribution in [2.45, 2.75) is 37.1 Å². The molecular weight excluding hydrogens is 508 g/mol. The van der Waals surface area contributed by atoms with Gasteiger partial charge < -0.3 is 48.9 Å². The lowest BCUT2D eigenvalue weighted by Crippen LogP contribution is -2.60. The van der Waals surface area contributed by atoms with E-state index in [1.165, 1.54) is 19.4 Å². The van der Waals surface area contributed by atoms with Gasteiger partial charge in [-0.05, 0) is 17.7 Å². The van der Waals surface area contributed by atoms with Crippen LogP contribution in [0.1, 0.15) is 6.42 Å². The highest BCUT2D eigenvalue weighted by Gasteiger charge is 2.45. The number of hydrogen-bond donors (Lipinski definition) is 5. The largest absolute Gasteiger partial charge is 0.507 e. The summed E-state index contributed by atoms with van der Waals surface area (Å²) in [6.07, 6.45) is -7.94. The van der Waals surface area contributed by atoms with Crippen molar-refractivity contribution >= 4 is 22.9 Å². The van der Waals surface area contributed by atoms with Gasteiger partial charge in [-0.2, -0.15) is 0 Å². The first-order chi connectivity index (χ1) is 18.1. The molecule has 0 aliphatic carbocycles. The lowest BCUT2D eigenvalue weighted by atomic mass is 9.99. The minimum Gasteiger partial charge on any atom is -0.507 e. The number of phenols is 1. The molecule has 1 aliphatic heterocycles. The Bertz CT molecular complexity index is 1380. The van der Waals surface area contributed by atoms with Gasteiger partial charge in [0.15, 0.2) is 0 Å². The number of aliphatic hydroxyl groups excluding tert-OH is 3. The van der Waals surface area contributed by atoms with Gasteiger partial charge in [-0.1, -0.05) is 12.1 Å². The van der Waals surface area contributed by atoms with E-state index in [1.54, 1.807) is 24.3 Å². The molecule has 2 heterocycles. The van der Waals surface area contributed by atoms with Crippen LogP contribution < -0.4 is 14.9 Å². The molecule has 0 saturated carbocycles. The van der Waals surface area contributed by atoms with Crippen molar-refractivity contribution in [2.24, 2.45) is 0 Å². The molecule has 1 saturated heterocycles. The summed E-state index contributed by atoms with van der Waals surface area (Å²) in [5.41, 5.74) is 0.151. The molecule has 0 amide bonds. The van der Waals surface area contributed by atoms with Gasteiger partial charge in [0, 0.05) is 12.1 Å². The number of carbonyl (C=O) groups is 2.